The van der Waals surface area contributed by atoms with Gasteiger partial charge in [0.2, 0.25) is 0 Å². The zero-order chi connectivity index (χ0) is 13.2. The van der Waals surface area contributed by atoms with Gasteiger partial charge in [0.1, 0.15) is 5.82 Å². The molecule has 4 nitrogen and oxygen atoms in total. The van der Waals surface area contributed by atoms with Gasteiger partial charge in [-0.1, -0.05) is 36.4 Å². The molecule has 0 atom stereocenters. The Labute approximate surface area is 126 Å². The van der Waals surface area contributed by atoms with Crippen LogP contribution in [0.3, 0.4) is 0 Å². The third-order valence-corrected chi connectivity index (χ3v) is 3.08. The van der Waals surface area contributed by atoms with Crippen molar-refractivity contribution < 1.29 is 0 Å². The van der Waals surface area contributed by atoms with E-state index in [1.807, 2.05) is 42.5 Å². The maximum absolute atomic E-state index is 12.0. The maximum atomic E-state index is 12.0. The number of hydrogen-bond donors (Lipinski definition) is 2. The van der Waals surface area contributed by atoms with Crippen molar-refractivity contribution in [3.8, 4) is 11.4 Å². The Balaban J connectivity index is 0.00000147. The first-order valence-electron chi connectivity index (χ1n) is 6.06. The Hall–Kier alpha value is -1.98. The van der Waals surface area contributed by atoms with Crippen molar-refractivity contribution in [2.24, 2.45) is 5.73 Å². The molecule has 0 aliphatic carbocycles. The lowest BCUT2D eigenvalue weighted by molar-refractivity contribution is 1.07. The number of para-hydroxylation sites is 1. The highest BCUT2D eigenvalue weighted by atomic mass is 79.9. The molecule has 0 saturated heterocycles. The lowest BCUT2D eigenvalue weighted by Gasteiger charge is -2.04. The fourth-order valence-electron chi connectivity index (χ4n) is 2.02. The summed E-state index contributed by atoms with van der Waals surface area (Å²) in [6.45, 7) is 0.502. The van der Waals surface area contributed by atoms with Gasteiger partial charge >= 0.3 is 0 Å². The van der Waals surface area contributed by atoms with Crippen LogP contribution >= 0.6 is 17.0 Å². The number of nitrogens with two attached hydrogens (primary N) is 1. The Morgan fingerprint density at radius 3 is 2.45 bits per heavy atom. The molecule has 0 saturated carbocycles. The quantitative estimate of drug-likeness (QED) is 0.758. The summed E-state index contributed by atoms with van der Waals surface area (Å²) in [5, 5.41) is 0.602. The molecule has 1 heterocycles. The molecule has 0 aliphatic rings. The van der Waals surface area contributed by atoms with E-state index in [1.165, 1.54) is 0 Å². The monoisotopic (exact) mass is 331 g/mol. The van der Waals surface area contributed by atoms with Crippen LogP contribution in [-0.2, 0) is 6.54 Å². The summed E-state index contributed by atoms with van der Waals surface area (Å²) in [4.78, 5) is 19.3. The molecule has 102 valence electrons. The van der Waals surface area contributed by atoms with Crippen LogP contribution in [0.15, 0.2) is 53.3 Å². The highest BCUT2D eigenvalue weighted by Gasteiger charge is 2.05. The number of fused-ring (bicyclic) bond motifs is 1. The standard InChI is InChI=1S/C15H13N3O.BrH/c16-9-10-5-7-11(8-6-10)14-17-13-4-2-1-3-12(13)15(19)18-14;/h1-8H,9,16H2,(H,17,18,19);1H. The summed E-state index contributed by atoms with van der Waals surface area (Å²) in [5.41, 5.74) is 8.06. The molecule has 0 fully saturated rings. The van der Waals surface area contributed by atoms with Crippen LogP contribution < -0.4 is 11.3 Å². The van der Waals surface area contributed by atoms with Crippen molar-refractivity contribution in [2.45, 2.75) is 6.54 Å². The van der Waals surface area contributed by atoms with E-state index in [0.29, 0.717) is 23.3 Å². The van der Waals surface area contributed by atoms with E-state index in [9.17, 15) is 4.79 Å². The molecule has 0 aliphatic heterocycles. The highest BCUT2D eigenvalue weighted by Crippen LogP contribution is 2.16. The summed E-state index contributed by atoms with van der Waals surface area (Å²) in [6.07, 6.45) is 0. The normalized spacial score (nSPS) is 10.2. The predicted octanol–water partition coefficient (Wildman–Crippen LogP) is 2.63. The maximum Gasteiger partial charge on any atom is 0.259 e. The predicted molar refractivity (Wildman–Crippen MR) is 86.0 cm³/mol. The number of halogens is 1. The van der Waals surface area contributed by atoms with Crippen LogP contribution in [0.4, 0.5) is 0 Å². The summed E-state index contributed by atoms with van der Waals surface area (Å²) < 4.78 is 0. The average molecular weight is 332 g/mol. The first-order chi connectivity index (χ1) is 9.28. The van der Waals surface area contributed by atoms with E-state index in [2.05, 4.69) is 9.97 Å². The minimum Gasteiger partial charge on any atom is -0.326 e. The van der Waals surface area contributed by atoms with Gasteiger partial charge in [-0.25, -0.2) is 4.98 Å². The zero-order valence-electron chi connectivity index (χ0n) is 10.7. The summed E-state index contributed by atoms with van der Waals surface area (Å²) in [5.74, 6) is 0.576. The van der Waals surface area contributed by atoms with Crippen LogP contribution in [0.1, 0.15) is 5.56 Å². The van der Waals surface area contributed by atoms with Gasteiger partial charge in [-0.15, -0.1) is 17.0 Å². The van der Waals surface area contributed by atoms with Crippen LogP contribution in [-0.4, -0.2) is 9.97 Å². The zero-order valence-corrected chi connectivity index (χ0v) is 12.4. The molecule has 2 aromatic carbocycles. The second kappa shape index (κ2) is 5.98. The number of benzene rings is 2. The second-order valence-electron chi connectivity index (χ2n) is 4.33. The van der Waals surface area contributed by atoms with Crippen LogP contribution in [0.2, 0.25) is 0 Å². The van der Waals surface area contributed by atoms with Crippen molar-refractivity contribution in [1.29, 1.82) is 0 Å². The van der Waals surface area contributed by atoms with E-state index in [4.69, 9.17) is 5.73 Å². The topological polar surface area (TPSA) is 71.8 Å². The number of aromatic amines is 1. The minimum absolute atomic E-state index is 0. The molecule has 0 unspecified atom stereocenters. The average Bonchev–Trinajstić information content (AvgIpc) is 2.47. The molecule has 0 spiro atoms. The van der Waals surface area contributed by atoms with Crippen molar-refractivity contribution in [2.75, 3.05) is 0 Å². The van der Waals surface area contributed by atoms with Crippen molar-refractivity contribution in [3.63, 3.8) is 0 Å². The molecule has 0 amide bonds. The van der Waals surface area contributed by atoms with Crippen LogP contribution in [0.5, 0.6) is 0 Å². The third-order valence-electron chi connectivity index (χ3n) is 3.08. The van der Waals surface area contributed by atoms with Gasteiger partial charge in [0.05, 0.1) is 10.9 Å². The second-order valence-corrected chi connectivity index (χ2v) is 4.33. The van der Waals surface area contributed by atoms with E-state index in [-0.39, 0.29) is 22.5 Å². The molecule has 3 N–H and O–H groups in total. The smallest absolute Gasteiger partial charge is 0.259 e. The molecule has 20 heavy (non-hydrogen) atoms. The molecular weight excluding hydrogens is 318 g/mol. The minimum atomic E-state index is -0.122. The van der Waals surface area contributed by atoms with Gasteiger partial charge < -0.3 is 10.7 Å². The highest BCUT2D eigenvalue weighted by molar-refractivity contribution is 8.93. The lowest BCUT2D eigenvalue weighted by Crippen LogP contribution is -2.09. The molecule has 0 bridgehead atoms. The molecule has 0 radical (unpaired) electrons. The summed E-state index contributed by atoms with van der Waals surface area (Å²) in [6, 6.07) is 15.0. The van der Waals surface area contributed by atoms with Crippen molar-refractivity contribution >= 4 is 27.9 Å². The number of hydrogen-bond acceptors (Lipinski definition) is 3. The summed E-state index contributed by atoms with van der Waals surface area (Å²) in [7, 11) is 0. The SMILES string of the molecule is Br.NCc1ccc(-c2nc3ccccc3c(=O)[nH]2)cc1. The van der Waals surface area contributed by atoms with E-state index in [0.717, 1.165) is 11.1 Å². The number of rotatable bonds is 2. The van der Waals surface area contributed by atoms with E-state index >= 15 is 0 Å². The van der Waals surface area contributed by atoms with E-state index in [1.54, 1.807) is 6.07 Å². The Bertz CT molecular complexity index is 781. The Morgan fingerprint density at radius 2 is 1.75 bits per heavy atom. The van der Waals surface area contributed by atoms with Crippen molar-refractivity contribution in [3.05, 3.63) is 64.4 Å². The fraction of sp³-hybridized carbons (Fsp3) is 0.0667. The molecule has 3 aromatic rings. The van der Waals surface area contributed by atoms with Crippen molar-refractivity contribution in [1.82, 2.24) is 9.97 Å². The van der Waals surface area contributed by atoms with Gasteiger partial charge in [0.15, 0.2) is 0 Å². The number of nitrogens with zero attached hydrogens (tertiary/aromatic N) is 1. The number of aromatic nitrogens is 2. The molecular formula is C15H14BrN3O. The van der Waals surface area contributed by atoms with E-state index < -0.39 is 0 Å². The first kappa shape index (κ1) is 14.4. The lowest BCUT2D eigenvalue weighted by atomic mass is 10.1. The number of nitrogens with one attached hydrogen (secondary N) is 1. The van der Waals surface area contributed by atoms with Gasteiger partial charge in [0, 0.05) is 12.1 Å². The van der Waals surface area contributed by atoms with Gasteiger partial charge in [-0.3, -0.25) is 4.79 Å². The van der Waals surface area contributed by atoms with Gasteiger partial charge in [0.25, 0.3) is 5.56 Å². The molecule has 1 aromatic heterocycles. The molecule has 5 heteroatoms. The largest absolute Gasteiger partial charge is 0.326 e. The fourth-order valence-corrected chi connectivity index (χ4v) is 2.02. The van der Waals surface area contributed by atoms with Crippen LogP contribution in [0, 0.1) is 0 Å². The van der Waals surface area contributed by atoms with Gasteiger partial charge in [-0.05, 0) is 17.7 Å². The Kier molecular flexibility index (Phi) is 4.32. The summed E-state index contributed by atoms with van der Waals surface area (Å²) >= 11 is 0. The number of H-pyrrole nitrogens is 1. The first-order valence-corrected chi connectivity index (χ1v) is 6.06. The third kappa shape index (κ3) is 2.64. The Morgan fingerprint density at radius 1 is 1.05 bits per heavy atom. The van der Waals surface area contributed by atoms with Gasteiger partial charge in [-0.2, -0.15) is 0 Å². The molecule has 3 rings (SSSR count). The van der Waals surface area contributed by atoms with Crippen LogP contribution in [0.25, 0.3) is 22.3 Å².